The number of carbonyl (C=O) groups excluding carboxylic acids is 1. The van der Waals surface area contributed by atoms with Gasteiger partial charge in [-0.05, 0) is 54.3 Å². The molecule has 2 aliphatic carbocycles. The summed E-state index contributed by atoms with van der Waals surface area (Å²) in [6, 6.07) is 22.7. The molecule has 1 radical (unpaired) electrons. The van der Waals surface area contributed by atoms with Gasteiger partial charge in [0.2, 0.25) is 0 Å². The molecule has 2 aliphatic rings. The number of fused-ring (bicyclic) bond motifs is 1. The SMILES string of the molecule is [N-]=[N+]=C1C=Cc2c(cccc2S(=O)(=O)Oc2ccc(C3(c4cc[c]cc4)CCCC3)cc2)C1=O. The lowest BCUT2D eigenvalue weighted by Gasteiger charge is -2.30. The van der Waals surface area contributed by atoms with Crippen molar-refractivity contribution in [3.8, 4) is 5.75 Å². The Bertz CT molecular complexity index is 1450. The number of allylic oxidation sites excluding steroid dienone is 1. The normalized spacial score (nSPS) is 16.7. The Morgan fingerprint density at radius 1 is 0.912 bits per heavy atom. The number of rotatable bonds is 5. The topological polar surface area (TPSA) is 96.8 Å². The van der Waals surface area contributed by atoms with Crippen LogP contribution in [0.4, 0.5) is 0 Å². The van der Waals surface area contributed by atoms with Crippen LogP contribution in [-0.4, -0.2) is 24.7 Å². The van der Waals surface area contributed by atoms with E-state index in [-0.39, 0.29) is 32.9 Å². The van der Waals surface area contributed by atoms with Gasteiger partial charge in [-0.1, -0.05) is 61.4 Å². The van der Waals surface area contributed by atoms with Crippen molar-refractivity contribution in [2.24, 2.45) is 0 Å². The smallest absolute Gasteiger partial charge is 0.362 e. The third-order valence-corrected chi connectivity index (χ3v) is 7.98. The second kappa shape index (κ2) is 8.52. The van der Waals surface area contributed by atoms with Gasteiger partial charge in [-0.3, -0.25) is 4.79 Å². The number of hydrogen-bond donors (Lipinski definition) is 0. The molecule has 0 spiro atoms. The minimum Gasteiger partial charge on any atom is -0.379 e. The second-order valence-corrected chi connectivity index (χ2v) is 10.0. The fourth-order valence-corrected chi connectivity index (χ4v) is 6.16. The summed E-state index contributed by atoms with van der Waals surface area (Å²) in [7, 11) is -4.21. The average molecular weight is 470 g/mol. The van der Waals surface area contributed by atoms with Crippen LogP contribution in [0.5, 0.6) is 5.75 Å². The molecular formula is C27H21N2O4S. The zero-order chi connectivity index (χ0) is 23.8. The minimum atomic E-state index is -4.21. The molecule has 1 saturated carbocycles. The van der Waals surface area contributed by atoms with Crippen molar-refractivity contribution in [2.45, 2.75) is 36.0 Å². The van der Waals surface area contributed by atoms with Gasteiger partial charge >= 0.3 is 15.8 Å². The molecule has 0 aromatic heterocycles. The second-order valence-electron chi connectivity index (χ2n) is 8.50. The van der Waals surface area contributed by atoms with Gasteiger partial charge in [-0.15, -0.1) is 0 Å². The molecule has 0 bridgehead atoms. The van der Waals surface area contributed by atoms with Gasteiger partial charge in [-0.25, -0.2) is 0 Å². The summed E-state index contributed by atoms with van der Waals surface area (Å²) in [5, 5.41) is 0. The fraction of sp³-hybridized carbons (Fsp3) is 0.185. The van der Waals surface area contributed by atoms with E-state index in [2.05, 4.69) is 23.0 Å². The first-order valence-electron chi connectivity index (χ1n) is 11.0. The molecule has 34 heavy (non-hydrogen) atoms. The number of benzene rings is 3. The van der Waals surface area contributed by atoms with Gasteiger partial charge in [0.05, 0.1) is 0 Å². The van der Waals surface area contributed by atoms with Crippen molar-refractivity contribution in [3.63, 3.8) is 0 Å². The number of carbonyl (C=O) groups is 1. The average Bonchev–Trinajstić information content (AvgIpc) is 3.36. The monoisotopic (exact) mass is 469 g/mol. The minimum absolute atomic E-state index is 0.0951. The molecule has 0 amide bonds. The number of ketones is 1. The molecular weight excluding hydrogens is 448 g/mol. The Morgan fingerprint density at radius 3 is 2.26 bits per heavy atom. The highest BCUT2D eigenvalue weighted by Gasteiger charge is 2.37. The van der Waals surface area contributed by atoms with E-state index in [4.69, 9.17) is 9.71 Å². The molecule has 7 heteroatoms. The molecule has 0 aliphatic heterocycles. The molecule has 5 rings (SSSR count). The van der Waals surface area contributed by atoms with E-state index in [9.17, 15) is 13.2 Å². The lowest BCUT2D eigenvalue weighted by Crippen LogP contribution is -2.23. The number of hydrogen-bond acceptors (Lipinski definition) is 4. The van der Waals surface area contributed by atoms with E-state index in [0.717, 1.165) is 31.2 Å². The summed E-state index contributed by atoms with van der Waals surface area (Å²) < 4.78 is 31.7. The highest BCUT2D eigenvalue weighted by molar-refractivity contribution is 7.87. The Kier molecular flexibility index (Phi) is 5.52. The van der Waals surface area contributed by atoms with Crippen LogP contribution in [0, 0.1) is 6.07 Å². The van der Waals surface area contributed by atoms with E-state index in [1.807, 2.05) is 24.3 Å². The molecule has 0 unspecified atom stereocenters. The van der Waals surface area contributed by atoms with Crippen LogP contribution < -0.4 is 4.18 Å². The summed E-state index contributed by atoms with van der Waals surface area (Å²) in [5.41, 5.74) is 11.4. The third kappa shape index (κ3) is 3.69. The number of Topliss-reactive ketones (excluding diaryl/α,β-unsaturated/α-hetero) is 1. The molecule has 0 saturated heterocycles. The van der Waals surface area contributed by atoms with Crippen LogP contribution in [0.2, 0.25) is 0 Å². The van der Waals surface area contributed by atoms with Crippen molar-refractivity contribution < 1.29 is 22.2 Å². The van der Waals surface area contributed by atoms with Gasteiger partial charge in [-0.2, -0.15) is 13.2 Å². The molecule has 6 nitrogen and oxygen atoms in total. The quantitative estimate of drug-likeness (QED) is 0.299. The van der Waals surface area contributed by atoms with Crippen LogP contribution >= 0.6 is 0 Å². The Morgan fingerprint density at radius 2 is 1.59 bits per heavy atom. The maximum absolute atomic E-state index is 13.1. The standard InChI is InChI=1S/C27H21N2O4S/c28-29-24-16-15-22-23(26(24)30)9-6-10-25(22)34(31,32)33-21-13-11-20(12-14-21)27(17-4-5-18-27)19-7-2-1-3-8-19/h2-3,6-16H,4-5,17-18H2. The first-order valence-corrected chi connectivity index (χ1v) is 12.4. The van der Waals surface area contributed by atoms with E-state index in [1.165, 1.54) is 35.9 Å². The van der Waals surface area contributed by atoms with E-state index in [1.54, 1.807) is 12.1 Å². The first kappa shape index (κ1) is 22.0. The maximum atomic E-state index is 13.1. The van der Waals surface area contributed by atoms with Gasteiger partial charge in [0, 0.05) is 22.6 Å². The van der Waals surface area contributed by atoms with Crippen molar-refractivity contribution >= 4 is 27.7 Å². The molecule has 169 valence electrons. The predicted molar refractivity (Wildman–Crippen MR) is 127 cm³/mol. The highest BCUT2D eigenvalue weighted by atomic mass is 32.2. The summed E-state index contributed by atoms with van der Waals surface area (Å²) in [5.74, 6) is -0.360. The van der Waals surface area contributed by atoms with Gasteiger partial charge < -0.3 is 9.71 Å². The summed E-state index contributed by atoms with van der Waals surface area (Å²) in [4.78, 5) is 15.2. The molecule has 3 aromatic rings. The fourth-order valence-electron chi connectivity index (χ4n) is 5.02. The zero-order valence-electron chi connectivity index (χ0n) is 18.3. The highest BCUT2D eigenvalue weighted by Crippen LogP contribution is 2.46. The Labute approximate surface area is 198 Å². The van der Waals surface area contributed by atoms with E-state index < -0.39 is 15.9 Å². The van der Waals surface area contributed by atoms with E-state index >= 15 is 0 Å². The molecule has 0 N–H and O–H groups in total. The number of nitrogens with zero attached hydrogens (tertiary/aromatic N) is 2. The van der Waals surface area contributed by atoms with Crippen LogP contribution in [0.25, 0.3) is 11.6 Å². The molecule has 3 aromatic carbocycles. The Hall–Kier alpha value is -3.80. The van der Waals surface area contributed by atoms with Crippen LogP contribution in [-0.2, 0) is 15.5 Å². The van der Waals surface area contributed by atoms with Crippen molar-refractivity contribution in [2.75, 3.05) is 0 Å². The molecule has 1 fully saturated rings. The van der Waals surface area contributed by atoms with Crippen LogP contribution in [0.15, 0.2) is 77.7 Å². The lowest BCUT2D eigenvalue weighted by atomic mass is 9.73. The van der Waals surface area contributed by atoms with Crippen molar-refractivity contribution in [1.29, 1.82) is 0 Å². The van der Waals surface area contributed by atoms with E-state index in [0.29, 0.717) is 0 Å². The third-order valence-electron chi connectivity index (χ3n) is 6.67. The van der Waals surface area contributed by atoms with Gasteiger partial charge in [0.25, 0.3) is 5.78 Å². The lowest BCUT2D eigenvalue weighted by molar-refractivity contribution is -0.00436. The van der Waals surface area contributed by atoms with Gasteiger partial charge in [0.15, 0.2) is 0 Å². The largest absolute Gasteiger partial charge is 0.379 e. The van der Waals surface area contributed by atoms with Crippen LogP contribution in [0.3, 0.4) is 0 Å². The van der Waals surface area contributed by atoms with Crippen molar-refractivity contribution in [1.82, 2.24) is 0 Å². The van der Waals surface area contributed by atoms with Gasteiger partial charge in [0.1, 0.15) is 10.6 Å². The summed E-state index contributed by atoms with van der Waals surface area (Å²) in [6.45, 7) is 0. The maximum Gasteiger partial charge on any atom is 0.362 e. The zero-order valence-corrected chi connectivity index (χ0v) is 19.1. The predicted octanol–water partition coefficient (Wildman–Crippen LogP) is 4.99. The Balaban J connectivity index is 1.46. The summed E-state index contributed by atoms with van der Waals surface area (Å²) >= 11 is 0. The van der Waals surface area contributed by atoms with Crippen LogP contribution in [0.1, 0.15) is 52.7 Å². The molecule has 0 atom stereocenters. The first-order chi connectivity index (χ1) is 16.4. The van der Waals surface area contributed by atoms with Crippen molar-refractivity contribution in [3.05, 3.63) is 107 Å². The summed E-state index contributed by atoms with van der Waals surface area (Å²) in [6.07, 6.45) is 7.06. The molecule has 0 heterocycles.